The Morgan fingerprint density at radius 1 is 1.13 bits per heavy atom. The van der Waals surface area contributed by atoms with Crippen molar-refractivity contribution in [2.45, 2.75) is 157 Å². The third-order valence-electron chi connectivity index (χ3n) is 16.4. The number of carbonyl (C=O) groups is 2. The monoisotopic (exact) mass is 1110 g/mol. The minimum Gasteiger partial charge on any atom is -0.478 e. The number of guanidine groups is 2. The Labute approximate surface area is 455 Å². The van der Waals surface area contributed by atoms with Gasteiger partial charge in [0.15, 0.2) is 24.3 Å². The Balaban J connectivity index is 1.36. The zero-order valence-corrected chi connectivity index (χ0v) is 45.1. The van der Waals surface area contributed by atoms with E-state index in [-0.39, 0.29) is 79.4 Å². The lowest BCUT2D eigenvalue weighted by molar-refractivity contribution is -0.417. The van der Waals surface area contributed by atoms with Crippen LogP contribution in [0.5, 0.6) is 0 Å². The molecular formula is C53H75N7O15S2. The number of ether oxygens (including phenoxy) is 5. The molecule has 22 nitrogen and oxygen atoms in total. The number of aliphatic imine (C=N–C) groups is 2. The number of aliphatic hydroxyl groups excluding tert-OH is 5. The number of rotatable bonds is 13. The predicted molar refractivity (Wildman–Crippen MR) is 284 cm³/mol. The summed E-state index contributed by atoms with van der Waals surface area (Å²) in [5.74, 6) is 0.611. The highest BCUT2D eigenvalue weighted by Gasteiger charge is 2.61. The van der Waals surface area contributed by atoms with E-state index < -0.39 is 109 Å². The fraction of sp³-hybridized carbons (Fsp3) is 0.698. The number of fused-ring (bicyclic) bond motifs is 5. The van der Waals surface area contributed by atoms with Gasteiger partial charge in [-0.05, 0) is 102 Å². The molecule has 0 spiro atoms. The molecule has 15 unspecified atom stereocenters. The summed E-state index contributed by atoms with van der Waals surface area (Å²) in [7, 11) is 3.05. The van der Waals surface area contributed by atoms with E-state index in [9.17, 15) is 45.6 Å². The van der Waals surface area contributed by atoms with Crippen molar-refractivity contribution in [2.75, 3.05) is 45.3 Å². The number of hydrogen-bond acceptors (Lipinski definition) is 21. The largest absolute Gasteiger partial charge is 0.478 e. The lowest BCUT2D eigenvalue weighted by atomic mass is 9.62. The number of esters is 1. The van der Waals surface area contributed by atoms with E-state index in [2.05, 4.69) is 33.5 Å². The molecule has 6 aliphatic heterocycles. The van der Waals surface area contributed by atoms with Gasteiger partial charge >= 0.3 is 11.9 Å². The maximum Gasteiger partial charge on any atom is 0.339 e. The van der Waals surface area contributed by atoms with E-state index in [1.807, 2.05) is 4.90 Å². The molecule has 3 aliphatic carbocycles. The van der Waals surface area contributed by atoms with Crippen LogP contribution in [-0.2, 0) is 33.3 Å². The number of nitrogens with two attached hydrogens (primary N) is 2. The number of aliphatic carboxylic acids is 1. The number of carboxylic acids is 1. The minimum absolute atomic E-state index is 0.0132. The molecule has 15 atom stereocenters. The van der Waals surface area contributed by atoms with Gasteiger partial charge in [-0.3, -0.25) is 9.98 Å². The average molecular weight is 1110 g/mol. The Hall–Kier alpha value is -4.36. The minimum atomic E-state index is -3.02. The lowest BCUT2D eigenvalue weighted by Crippen LogP contribution is -2.69. The van der Waals surface area contributed by atoms with Gasteiger partial charge in [0.1, 0.15) is 18.3 Å². The summed E-state index contributed by atoms with van der Waals surface area (Å²) in [6.07, 6.45) is 2.59. The van der Waals surface area contributed by atoms with Gasteiger partial charge in [-0.2, -0.15) is 0 Å². The van der Waals surface area contributed by atoms with E-state index >= 15 is 4.79 Å². The molecule has 9 rings (SSSR count). The van der Waals surface area contributed by atoms with Crippen molar-refractivity contribution in [3.63, 3.8) is 0 Å². The van der Waals surface area contributed by atoms with Crippen molar-refractivity contribution >= 4 is 45.4 Å². The normalized spacial score (nSPS) is 37.1. The summed E-state index contributed by atoms with van der Waals surface area (Å²) in [4.78, 5) is 40.4. The summed E-state index contributed by atoms with van der Waals surface area (Å²) in [6, 6.07) is -1.38. The Bertz CT molecular complexity index is 2480. The predicted octanol–water partition coefficient (Wildman–Crippen LogP) is 0.567. The summed E-state index contributed by atoms with van der Waals surface area (Å²) in [5, 5.41) is 94.1. The second kappa shape index (κ2) is 24.6. The Kier molecular flexibility index (Phi) is 18.3. The molecule has 424 valence electrons. The van der Waals surface area contributed by atoms with Crippen LogP contribution in [0.1, 0.15) is 84.5 Å². The molecule has 24 heteroatoms. The van der Waals surface area contributed by atoms with E-state index in [4.69, 9.17) is 40.1 Å². The summed E-state index contributed by atoms with van der Waals surface area (Å²) in [5.41, 5.74) is 13.3. The standard InChI is InChI=1S/C53H75N7O15S2/c1-27(2)72-45-48(74-40(24-64)44(65)53(45,69)70)75-49-52(19-28-6-3-4-7-28)13-12-33-18-34(58-51(55)57-33)17-30-9-8-29-16-32-20-60(21-35(46(66)67)42(32)59-50(54)56-14-5-15-61)38(23-63)43(30)77-76-26-37-31(22-62)10-11-39(37)73-47(68)36(25-71-49)41(29)52/h16,19,21,25,27,30-31,33-34,37-41,43-45,48-49,61-65,69-70H,3-7,10-15,17-18,20,22-24,26H2,1-2H3,(H,66,67)(H3,54,56,59)(H3,55,57,58). The fourth-order valence-electron chi connectivity index (χ4n) is 12.7. The lowest BCUT2D eigenvalue weighted by Gasteiger charge is -2.52. The molecular weight excluding hydrogens is 1040 g/mol. The van der Waals surface area contributed by atoms with E-state index in [1.54, 1.807) is 19.9 Å². The number of allylic oxidation sites excluding steroid dienone is 2. The van der Waals surface area contributed by atoms with Crippen molar-refractivity contribution in [1.82, 2.24) is 15.5 Å². The summed E-state index contributed by atoms with van der Waals surface area (Å²) < 4.78 is 32.8. The first-order valence-electron chi connectivity index (χ1n) is 26.9. The van der Waals surface area contributed by atoms with Crippen LogP contribution in [0.4, 0.5) is 0 Å². The molecule has 1 saturated heterocycles. The van der Waals surface area contributed by atoms with Gasteiger partial charge in [-0.15, -0.1) is 0 Å². The van der Waals surface area contributed by atoms with E-state index in [0.29, 0.717) is 68.3 Å². The van der Waals surface area contributed by atoms with Crippen LogP contribution in [0.25, 0.3) is 0 Å². The molecule has 8 bridgehead atoms. The van der Waals surface area contributed by atoms with Crippen LogP contribution in [0.15, 0.2) is 68.2 Å². The Morgan fingerprint density at radius 2 is 1.92 bits per heavy atom. The maximum absolute atomic E-state index is 15.6. The zero-order valence-electron chi connectivity index (χ0n) is 43.4. The van der Waals surface area contributed by atoms with Crippen LogP contribution in [0.3, 0.4) is 0 Å². The maximum atomic E-state index is 15.6. The SMILES string of the molecule is CC(C)OC1C(OC2OC=C3C(=O)OC4CCC(CO)C4CSSC4C5C#CC(=CC6=C(NC(N)=NCCCO)C(C(=O)O)=CN(C6)C4CO)C3C2(C=C2CCCC2)CCC2CC(C5)NC(N)=N2)OC(CO)C(O)C1(O)O. The highest BCUT2D eigenvalue weighted by molar-refractivity contribution is 8.77. The molecule has 3 fully saturated rings. The average Bonchev–Trinajstić information content (AvgIpc) is 4.09. The van der Waals surface area contributed by atoms with E-state index in [1.165, 1.54) is 34.0 Å². The van der Waals surface area contributed by atoms with Crippen LogP contribution < -0.4 is 22.1 Å². The van der Waals surface area contributed by atoms with Crippen LogP contribution in [-0.4, -0.2) is 187 Å². The first-order chi connectivity index (χ1) is 37.0. The molecule has 14 N–H and O–H groups in total. The van der Waals surface area contributed by atoms with Gasteiger partial charge in [0.2, 0.25) is 12.1 Å². The first kappa shape index (κ1) is 57.3. The summed E-state index contributed by atoms with van der Waals surface area (Å²) in [6.45, 7) is 1.96. The van der Waals surface area contributed by atoms with Crippen LogP contribution in [0, 0.1) is 40.9 Å². The zero-order chi connectivity index (χ0) is 54.8. The fourth-order valence-corrected chi connectivity index (χ4v) is 16.2. The van der Waals surface area contributed by atoms with Gasteiger partial charge in [-0.1, -0.05) is 45.1 Å². The second-order valence-electron chi connectivity index (χ2n) is 21.9. The molecule has 9 aliphatic rings. The van der Waals surface area contributed by atoms with Gasteiger partial charge in [-0.25, -0.2) is 9.59 Å². The highest BCUT2D eigenvalue weighted by atomic mass is 33.1. The van der Waals surface area contributed by atoms with Gasteiger partial charge < -0.3 is 91.5 Å². The smallest absolute Gasteiger partial charge is 0.339 e. The third-order valence-corrected chi connectivity index (χ3v) is 19.5. The number of aliphatic hydroxyl groups is 7. The van der Waals surface area contributed by atoms with Gasteiger partial charge in [0.05, 0.1) is 65.2 Å². The van der Waals surface area contributed by atoms with E-state index in [0.717, 1.165) is 18.4 Å². The number of carboxylic acid groups (broad SMARTS) is 1. The van der Waals surface area contributed by atoms with Gasteiger partial charge in [0, 0.05) is 67.6 Å². The quantitative estimate of drug-likeness (QED) is 0.0175. The van der Waals surface area contributed by atoms with Crippen LogP contribution >= 0.6 is 21.6 Å². The molecule has 0 radical (unpaired) electrons. The first-order valence-corrected chi connectivity index (χ1v) is 29.3. The molecule has 0 aromatic heterocycles. The second-order valence-corrected chi connectivity index (χ2v) is 24.5. The van der Waals surface area contributed by atoms with Crippen molar-refractivity contribution < 1.29 is 74.1 Å². The van der Waals surface area contributed by atoms with Crippen molar-refractivity contribution in [1.29, 1.82) is 0 Å². The van der Waals surface area contributed by atoms with Crippen molar-refractivity contribution in [3.05, 3.63) is 58.2 Å². The Morgan fingerprint density at radius 3 is 2.64 bits per heavy atom. The number of nitrogens with one attached hydrogen (secondary N) is 2. The molecule has 77 heavy (non-hydrogen) atoms. The summed E-state index contributed by atoms with van der Waals surface area (Å²) >= 11 is 0. The molecule has 0 aromatic carbocycles. The van der Waals surface area contributed by atoms with Crippen molar-refractivity contribution in [2.24, 2.45) is 50.5 Å². The number of carbonyl (C=O) groups excluding carboxylic acids is 1. The topological polar surface area (TPSA) is 346 Å². The van der Waals surface area contributed by atoms with Crippen molar-refractivity contribution in [3.8, 4) is 11.8 Å². The third kappa shape index (κ3) is 12.1. The molecule has 0 aromatic rings. The van der Waals surface area contributed by atoms with Crippen LogP contribution in [0.2, 0.25) is 0 Å². The molecule has 0 amide bonds. The molecule has 2 saturated carbocycles. The number of hydrogen-bond donors (Lipinski definition) is 12. The van der Waals surface area contributed by atoms with Gasteiger partial charge in [0.25, 0.3) is 0 Å². The molecule has 6 heterocycles. The highest BCUT2D eigenvalue weighted by Crippen LogP contribution is 2.55. The number of nitrogens with zero attached hydrogens (tertiary/aromatic N) is 3.